The number of carbonyl (C=O) groups excluding carboxylic acids is 1. The Labute approximate surface area is 125 Å². The number of nitrogens with zero attached hydrogens (tertiary/aromatic N) is 1. The van der Waals surface area contributed by atoms with Crippen molar-refractivity contribution in [3.8, 4) is 11.8 Å². The van der Waals surface area contributed by atoms with E-state index in [1.54, 1.807) is 18.2 Å². The van der Waals surface area contributed by atoms with Gasteiger partial charge in [0, 0.05) is 6.04 Å². The van der Waals surface area contributed by atoms with Gasteiger partial charge in [-0.1, -0.05) is 31.9 Å². The van der Waals surface area contributed by atoms with Crippen molar-refractivity contribution in [1.82, 2.24) is 5.32 Å². The van der Waals surface area contributed by atoms with E-state index in [4.69, 9.17) is 0 Å². The minimum absolute atomic E-state index is 0.0958. The minimum atomic E-state index is -0.315. The molecule has 0 heterocycles. The third-order valence-corrected chi connectivity index (χ3v) is 4.00. The summed E-state index contributed by atoms with van der Waals surface area (Å²) >= 11 is 0. The largest absolute Gasteiger partial charge is 0.508 e. The van der Waals surface area contributed by atoms with Crippen LogP contribution in [0.15, 0.2) is 29.8 Å². The number of phenols is 1. The average molecular weight is 284 g/mol. The summed E-state index contributed by atoms with van der Waals surface area (Å²) in [5.74, 6) is 0.298. The van der Waals surface area contributed by atoms with Crippen LogP contribution in [0.2, 0.25) is 0 Å². The van der Waals surface area contributed by atoms with Crippen LogP contribution in [-0.4, -0.2) is 17.1 Å². The summed E-state index contributed by atoms with van der Waals surface area (Å²) in [6, 6.07) is 8.51. The van der Waals surface area contributed by atoms with Crippen molar-refractivity contribution >= 4 is 12.0 Å². The molecule has 0 saturated heterocycles. The van der Waals surface area contributed by atoms with Crippen LogP contribution in [0.25, 0.3) is 6.08 Å². The van der Waals surface area contributed by atoms with Crippen molar-refractivity contribution in [2.75, 3.05) is 0 Å². The number of benzene rings is 1. The zero-order chi connectivity index (χ0) is 15.2. The van der Waals surface area contributed by atoms with Crippen LogP contribution in [0.1, 0.15) is 38.2 Å². The molecule has 1 aliphatic rings. The van der Waals surface area contributed by atoms with Gasteiger partial charge in [0.1, 0.15) is 17.4 Å². The van der Waals surface area contributed by atoms with E-state index in [0.29, 0.717) is 5.92 Å². The molecule has 0 unspecified atom stereocenters. The van der Waals surface area contributed by atoms with Gasteiger partial charge in [0.15, 0.2) is 0 Å². The van der Waals surface area contributed by atoms with Gasteiger partial charge < -0.3 is 10.4 Å². The van der Waals surface area contributed by atoms with Crippen LogP contribution in [0.3, 0.4) is 0 Å². The second kappa shape index (κ2) is 6.94. The second-order valence-corrected chi connectivity index (χ2v) is 5.60. The Kier molecular flexibility index (Phi) is 4.99. The van der Waals surface area contributed by atoms with E-state index in [1.807, 2.05) is 6.07 Å². The summed E-state index contributed by atoms with van der Waals surface area (Å²) in [5.41, 5.74) is 0.814. The molecule has 1 fully saturated rings. The second-order valence-electron chi connectivity index (χ2n) is 5.60. The lowest BCUT2D eigenvalue weighted by molar-refractivity contribution is -0.118. The zero-order valence-electron chi connectivity index (χ0n) is 12.2. The Balaban J connectivity index is 2.08. The maximum absolute atomic E-state index is 12.2. The van der Waals surface area contributed by atoms with Gasteiger partial charge in [0.2, 0.25) is 0 Å². The average Bonchev–Trinajstić information content (AvgIpc) is 2.49. The molecule has 0 aliphatic heterocycles. The molecule has 1 aliphatic carbocycles. The van der Waals surface area contributed by atoms with Gasteiger partial charge in [-0.25, -0.2) is 0 Å². The van der Waals surface area contributed by atoms with E-state index in [2.05, 4.69) is 12.2 Å². The molecular weight excluding hydrogens is 264 g/mol. The Hall–Kier alpha value is -2.28. The Morgan fingerprint density at radius 2 is 2.00 bits per heavy atom. The van der Waals surface area contributed by atoms with Crippen LogP contribution in [0.5, 0.6) is 5.75 Å². The Morgan fingerprint density at radius 3 is 2.62 bits per heavy atom. The van der Waals surface area contributed by atoms with Crippen molar-refractivity contribution in [2.24, 2.45) is 5.92 Å². The number of nitriles is 1. The summed E-state index contributed by atoms with van der Waals surface area (Å²) in [4.78, 5) is 12.2. The Morgan fingerprint density at radius 1 is 1.33 bits per heavy atom. The van der Waals surface area contributed by atoms with Gasteiger partial charge in [0.05, 0.1) is 0 Å². The predicted molar refractivity (Wildman–Crippen MR) is 81.3 cm³/mol. The molecule has 0 bridgehead atoms. The maximum atomic E-state index is 12.2. The zero-order valence-corrected chi connectivity index (χ0v) is 12.2. The Bertz CT molecular complexity index is 569. The molecule has 0 spiro atoms. The molecular formula is C17H20N2O2. The van der Waals surface area contributed by atoms with Crippen molar-refractivity contribution < 1.29 is 9.90 Å². The van der Waals surface area contributed by atoms with Gasteiger partial charge in [-0.2, -0.15) is 5.26 Å². The monoisotopic (exact) mass is 284 g/mol. The molecule has 1 aromatic rings. The lowest BCUT2D eigenvalue weighted by Crippen LogP contribution is -2.41. The first-order valence-corrected chi connectivity index (χ1v) is 7.32. The highest BCUT2D eigenvalue weighted by atomic mass is 16.3. The van der Waals surface area contributed by atoms with E-state index >= 15 is 0 Å². The fourth-order valence-corrected chi connectivity index (χ4v) is 2.66. The highest BCUT2D eigenvalue weighted by Crippen LogP contribution is 2.24. The minimum Gasteiger partial charge on any atom is -0.508 e. The lowest BCUT2D eigenvalue weighted by Gasteiger charge is -2.29. The SMILES string of the molecule is C[C@H]1CCCC[C@@H]1NC(=O)/C(C#N)=C/c1ccc(O)cc1. The predicted octanol–water partition coefficient (Wildman–Crippen LogP) is 2.99. The highest BCUT2D eigenvalue weighted by Gasteiger charge is 2.23. The summed E-state index contributed by atoms with van der Waals surface area (Å²) in [5, 5.41) is 21.4. The van der Waals surface area contributed by atoms with Gasteiger partial charge in [0.25, 0.3) is 5.91 Å². The molecule has 1 amide bonds. The van der Waals surface area contributed by atoms with Crippen LogP contribution < -0.4 is 5.32 Å². The summed E-state index contributed by atoms with van der Waals surface area (Å²) in [6.45, 7) is 2.14. The molecule has 21 heavy (non-hydrogen) atoms. The van der Waals surface area contributed by atoms with Crippen LogP contribution in [-0.2, 0) is 4.79 Å². The normalized spacial score (nSPS) is 22.4. The molecule has 110 valence electrons. The number of rotatable bonds is 3. The van der Waals surface area contributed by atoms with Gasteiger partial charge in [-0.3, -0.25) is 4.79 Å². The van der Waals surface area contributed by atoms with E-state index in [1.165, 1.54) is 18.6 Å². The fraction of sp³-hybridized carbons (Fsp3) is 0.412. The summed E-state index contributed by atoms with van der Waals surface area (Å²) in [7, 11) is 0. The number of carbonyl (C=O) groups is 1. The van der Waals surface area contributed by atoms with Crippen LogP contribution in [0.4, 0.5) is 0 Å². The number of hydrogen-bond acceptors (Lipinski definition) is 3. The van der Waals surface area contributed by atoms with Crippen molar-refractivity contribution in [2.45, 2.75) is 38.6 Å². The highest BCUT2D eigenvalue weighted by molar-refractivity contribution is 6.01. The van der Waals surface area contributed by atoms with Crippen LogP contribution >= 0.6 is 0 Å². The van der Waals surface area contributed by atoms with E-state index < -0.39 is 0 Å². The number of amides is 1. The van der Waals surface area contributed by atoms with Crippen LogP contribution in [0, 0.1) is 17.2 Å². The standard InChI is InChI=1S/C17H20N2O2/c1-12-4-2-3-5-16(12)19-17(21)14(11-18)10-13-6-8-15(20)9-7-13/h6-10,12,16,20H,2-5H2,1H3,(H,19,21)/b14-10+/t12-,16-/m0/s1. The first-order chi connectivity index (χ1) is 10.1. The topological polar surface area (TPSA) is 73.1 Å². The van der Waals surface area contributed by atoms with E-state index in [9.17, 15) is 15.2 Å². The summed E-state index contributed by atoms with van der Waals surface area (Å²) < 4.78 is 0. The molecule has 4 heteroatoms. The van der Waals surface area contributed by atoms with Crippen molar-refractivity contribution in [3.05, 3.63) is 35.4 Å². The van der Waals surface area contributed by atoms with Gasteiger partial charge in [-0.15, -0.1) is 0 Å². The number of phenolic OH excluding ortho intramolecular Hbond substituents is 1. The molecule has 2 atom stereocenters. The molecule has 4 nitrogen and oxygen atoms in total. The van der Waals surface area contributed by atoms with Crippen molar-refractivity contribution in [1.29, 1.82) is 5.26 Å². The lowest BCUT2D eigenvalue weighted by atomic mass is 9.86. The van der Waals surface area contributed by atoms with E-state index in [0.717, 1.165) is 24.8 Å². The number of nitrogens with one attached hydrogen (secondary N) is 1. The number of aromatic hydroxyl groups is 1. The first kappa shape index (κ1) is 15.1. The third-order valence-electron chi connectivity index (χ3n) is 4.00. The van der Waals surface area contributed by atoms with Crippen molar-refractivity contribution in [3.63, 3.8) is 0 Å². The number of hydrogen-bond donors (Lipinski definition) is 2. The molecule has 0 radical (unpaired) electrons. The molecule has 2 rings (SSSR count). The van der Waals surface area contributed by atoms with Gasteiger partial charge >= 0.3 is 0 Å². The first-order valence-electron chi connectivity index (χ1n) is 7.32. The fourth-order valence-electron chi connectivity index (χ4n) is 2.66. The smallest absolute Gasteiger partial charge is 0.262 e. The molecule has 0 aromatic heterocycles. The quantitative estimate of drug-likeness (QED) is 0.662. The molecule has 2 N–H and O–H groups in total. The third kappa shape index (κ3) is 4.09. The molecule has 1 saturated carbocycles. The van der Waals surface area contributed by atoms with E-state index in [-0.39, 0.29) is 23.3 Å². The van der Waals surface area contributed by atoms with Gasteiger partial charge in [-0.05, 0) is 42.5 Å². The maximum Gasteiger partial charge on any atom is 0.262 e. The molecule has 1 aromatic carbocycles. The summed E-state index contributed by atoms with van der Waals surface area (Å²) in [6.07, 6.45) is 5.97.